The summed E-state index contributed by atoms with van der Waals surface area (Å²) in [6.07, 6.45) is 0. The summed E-state index contributed by atoms with van der Waals surface area (Å²) in [5.74, 6) is -0.310. The van der Waals surface area contributed by atoms with Gasteiger partial charge in [0.25, 0.3) is 15.9 Å². The van der Waals surface area contributed by atoms with Crippen molar-refractivity contribution in [1.82, 2.24) is 4.98 Å². The molecule has 0 saturated carbocycles. The Bertz CT molecular complexity index is 1330. The van der Waals surface area contributed by atoms with Gasteiger partial charge in [0.2, 0.25) is 0 Å². The number of fused-ring (bicyclic) bond motifs is 1. The lowest BCUT2D eigenvalue weighted by atomic mass is 10.2. The van der Waals surface area contributed by atoms with Crippen LogP contribution < -0.4 is 10.0 Å². The minimum atomic E-state index is -3.68. The monoisotopic (exact) mass is 439 g/mol. The number of halogens is 1. The summed E-state index contributed by atoms with van der Waals surface area (Å²) >= 11 is 5.97. The Kier molecular flexibility index (Phi) is 5.24. The fourth-order valence-electron chi connectivity index (χ4n) is 2.97. The molecule has 4 rings (SSSR count). The largest absolute Gasteiger partial charge is 0.350 e. The van der Waals surface area contributed by atoms with Gasteiger partial charge in [0.15, 0.2) is 0 Å². The molecule has 0 radical (unpaired) electrons. The van der Waals surface area contributed by atoms with Crippen LogP contribution in [-0.4, -0.2) is 19.3 Å². The van der Waals surface area contributed by atoms with Crippen molar-refractivity contribution in [2.24, 2.45) is 0 Å². The SMILES string of the molecule is Cc1ccc(S(=O)(=O)Nc2ccc(NC(=O)c3cc4ccc(Cl)cc4[nH]3)cc2)cc1. The van der Waals surface area contributed by atoms with Crippen LogP contribution in [0.1, 0.15) is 16.1 Å². The van der Waals surface area contributed by atoms with E-state index in [1.54, 1.807) is 66.7 Å². The van der Waals surface area contributed by atoms with Crippen LogP contribution in [0, 0.1) is 6.92 Å². The number of amides is 1. The van der Waals surface area contributed by atoms with Gasteiger partial charge < -0.3 is 10.3 Å². The van der Waals surface area contributed by atoms with Gasteiger partial charge in [-0.25, -0.2) is 8.42 Å². The Morgan fingerprint density at radius 2 is 1.57 bits per heavy atom. The van der Waals surface area contributed by atoms with Crippen molar-refractivity contribution in [2.75, 3.05) is 10.0 Å². The molecular weight excluding hydrogens is 422 g/mol. The van der Waals surface area contributed by atoms with Gasteiger partial charge in [-0.1, -0.05) is 35.4 Å². The van der Waals surface area contributed by atoms with Crippen LogP contribution in [0.3, 0.4) is 0 Å². The summed E-state index contributed by atoms with van der Waals surface area (Å²) in [5, 5.41) is 4.24. The number of nitrogens with one attached hydrogen (secondary N) is 3. The van der Waals surface area contributed by atoms with E-state index >= 15 is 0 Å². The molecule has 8 heteroatoms. The average Bonchev–Trinajstić information content (AvgIpc) is 3.13. The molecule has 0 bridgehead atoms. The molecular formula is C22H18ClN3O3S. The summed E-state index contributed by atoms with van der Waals surface area (Å²) in [4.78, 5) is 15.7. The van der Waals surface area contributed by atoms with Crippen LogP contribution in [0.4, 0.5) is 11.4 Å². The highest BCUT2D eigenvalue weighted by Gasteiger charge is 2.14. The summed E-state index contributed by atoms with van der Waals surface area (Å²) in [7, 11) is -3.68. The molecule has 0 aliphatic heterocycles. The van der Waals surface area contributed by atoms with E-state index in [1.165, 1.54) is 0 Å². The van der Waals surface area contributed by atoms with Gasteiger partial charge in [-0.15, -0.1) is 0 Å². The first-order valence-electron chi connectivity index (χ1n) is 9.09. The molecule has 1 heterocycles. The van der Waals surface area contributed by atoms with E-state index in [2.05, 4.69) is 15.0 Å². The highest BCUT2D eigenvalue weighted by Crippen LogP contribution is 2.22. The van der Waals surface area contributed by atoms with Gasteiger partial charge in [-0.2, -0.15) is 0 Å². The van der Waals surface area contributed by atoms with Gasteiger partial charge >= 0.3 is 0 Å². The van der Waals surface area contributed by atoms with Crippen LogP contribution in [0.25, 0.3) is 10.9 Å². The molecule has 6 nitrogen and oxygen atoms in total. The zero-order chi connectivity index (χ0) is 21.3. The number of H-pyrrole nitrogens is 1. The molecule has 4 aromatic rings. The summed E-state index contributed by atoms with van der Waals surface area (Å²) in [6, 6.07) is 20.1. The molecule has 0 saturated heterocycles. The van der Waals surface area contributed by atoms with Crippen LogP contribution in [0.5, 0.6) is 0 Å². The standard InChI is InChI=1S/C22H18ClN3O3S/c1-14-2-10-19(11-3-14)30(28,29)26-18-8-6-17(7-9-18)24-22(27)21-12-15-4-5-16(23)13-20(15)25-21/h2-13,25-26H,1H3,(H,24,27). The van der Waals surface area contributed by atoms with Gasteiger partial charge in [0.1, 0.15) is 5.69 Å². The maximum atomic E-state index is 12.5. The molecule has 30 heavy (non-hydrogen) atoms. The molecule has 1 aromatic heterocycles. The zero-order valence-corrected chi connectivity index (χ0v) is 17.5. The van der Waals surface area contributed by atoms with Crippen LogP contribution >= 0.6 is 11.6 Å². The number of sulfonamides is 1. The molecule has 3 aromatic carbocycles. The third kappa shape index (κ3) is 4.32. The topological polar surface area (TPSA) is 91.1 Å². The summed E-state index contributed by atoms with van der Waals surface area (Å²) in [6.45, 7) is 1.89. The molecule has 1 amide bonds. The van der Waals surface area contributed by atoms with Gasteiger partial charge in [0, 0.05) is 27.3 Å². The average molecular weight is 440 g/mol. The lowest BCUT2D eigenvalue weighted by molar-refractivity contribution is 0.102. The number of carbonyl (C=O) groups is 1. The van der Waals surface area contributed by atoms with Gasteiger partial charge in [0.05, 0.1) is 4.90 Å². The predicted octanol–water partition coefficient (Wildman–Crippen LogP) is 5.18. The molecule has 0 atom stereocenters. The van der Waals surface area contributed by atoms with Crippen LogP contribution in [-0.2, 0) is 10.0 Å². The first-order valence-corrected chi connectivity index (χ1v) is 11.0. The number of hydrogen-bond donors (Lipinski definition) is 3. The number of benzene rings is 3. The first-order chi connectivity index (χ1) is 14.3. The molecule has 0 spiro atoms. The Balaban J connectivity index is 1.46. The van der Waals surface area contributed by atoms with E-state index in [-0.39, 0.29) is 10.8 Å². The first kappa shape index (κ1) is 20.0. The van der Waals surface area contributed by atoms with Crippen molar-refractivity contribution >= 4 is 49.8 Å². The summed E-state index contributed by atoms with van der Waals surface area (Å²) < 4.78 is 27.5. The molecule has 0 unspecified atom stereocenters. The number of rotatable bonds is 5. The minimum Gasteiger partial charge on any atom is -0.350 e. The fraction of sp³-hybridized carbons (Fsp3) is 0.0455. The number of carbonyl (C=O) groups excluding carboxylic acids is 1. The number of anilines is 2. The zero-order valence-electron chi connectivity index (χ0n) is 15.9. The normalized spacial score (nSPS) is 11.4. The maximum absolute atomic E-state index is 12.5. The van der Waals surface area contributed by atoms with Crippen LogP contribution in [0.2, 0.25) is 5.02 Å². The predicted molar refractivity (Wildman–Crippen MR) is 120 cm³/mol. The Morgan fingerprint density at radius 1 is 0.900 bits per heavy atom. The molecule has 0 fully saturated rings. The quantitative estimate of drug-likeness (QED) is 0.400. The van der Waals surface area contributed by atoms with Crippen molar-refractivity contribution in [1.29, 1.82) is 0 Å². The van der Waals surface area contributed by atoms with E-state index in [0.29, 0.717) is 22.1 Å². The highest BCUT2D eigenvalue weighted by molar-refractivity contribution is 7.92. The number of aromatic nitrogens is 1. The Hall–Kier alpha value is -3.29. The third-order valence-corrected chi connectivity index (χ3v) is 6.19. The third-order valence-electron chi connectivity index (χ3n) is 4.56. The van der Waals surface area contributed by atoms with Gasteiger partial charge in [-0.3, -0.25) is 9.52 Å². The fourth-order valence-corrected chi connectivity index (χ4v) is 4.20. The number of aryl methyl sites for hydroxylation is 1. The lowest BCUT2D eigenvalue weighted by Crippen LogP contribution is -2.14. The van der Waals surface area contributed by atoms with Crippen molar-refractivity contribution in [2.45, 2.75) is 11.8 Å². The number of aromatic amines is 1. The van der Waals surface area contributed by atoms with Crippen molar-refractivity contribution in [3.05, 3.63) is 89.1 Å². The second-order valence-electron chi connectivity index (χ2n) is 6.86. The maximum Gasteiger partial charge on any atom is 0.272 e. The second-order valence-corrected chi connectivity index (χ2v) is 8.98. The van der Waals surface area contributed by atoms with E-state index < -0.39 is 10.0 Å². The van der Waals surface area contributed by atoms with E-state index in [1.807, 2.05) is 13.0 Å². The second kappa shape index (κ2) is 7.85. The van der Waals surface area contributed by atoms with E-state index in [9.17, 15) is 13.2 Å². The lowest BCUT2D eigenvalue weighted by Gasteiger charge is -2.09. The van der Waals surface area contributed by atoms with Crippen molar-refractivity contribution in [3.63, 3.8) is 0 Å². The smallest absolute Gasteiger partial charge is 0.272 e. The number of hydrogen-bond acceptors (Lipinski definition) is 3. The summed E-state index contributed by atoms with van der Waals surface area (Å²) in [5.41, 5.74) is 3.08. The molecule has 152 valence electrons. The Labute approximate surface area is 178 Å². The molecule has 0 aliphatic rings. The van der Waals surface area contributed by atoms with Crippen molar-refractivity contribution in [3.8, 4) is 0 Å². The van der Waals surface area contributed by atoms with E-state index in [4.69, 9.17) is 11.6 Å². The van der Waals surface area contributed by atoms with Gasteiger partial charge in [-0.05, 0) is 61.5 Å². The minimum absolute atomic E-state index is 0.185. The van der Waals surface area contributed by atoms with Crippen molar-refractivity contribution < 1.29 is 13.2 Å². The molecule has 0 aliphatic carbocycles. The Morgan fingerprint density at radius 3 is 2.27 bits per heavy atom. The highest BCUT2D eigenvalue weighted by atomic mass is 35.5. The molecule has 3 N–H and O–H groups in total. The van der Waals surface area contributed by atoms with Crippen LogP contribution in [0.15, 0.2) is 77.7 Å². The van der Waals surface area contributed by atoms with E-state index in [0.717, 1.165) is 16.5 Å².